The number of hydrogen-bond acceptors (Lipinski definition) is 4. The number of nitrogens with one attached hydrogen (secondary N) is 2. The van der Waals surface area contributed by atoms with E-state index in [4.69, 9.17) is 5.11 Å². The Labute approximate surface area is 104 Å². The first-order valence-corrected chi connectivity index (χ1v) is 6.62. The molecule has 98 valence electrons. The Balaban J connectivity index is 0.00000144. The fourth-order valence-corrected chi connectivity index (χ4v) is 3.81. The molecule has 0 aliphatic carbocycles. The average Bonchev–Trinajstić information content (AvgIpc) is 2.72. The summed E-state index contributed by atoms with van der Waals surface area (Å²) < 4.78 is 0. The summed E-state index contributed by atoms with van der Waals surface area (Å²) in [6.45, 7) is 0. The minimum Gasteiger partial charge on any atom is -0.481 e. The molecule has 0 spiro atoms. The standard InChI is InChI=1S/C10H16N2O3S.H3N/c13-8(14)4-2-1-3-7-9-6(5-16-7)11-10(15)12-9;/h6-7,9H,1-5H2,(H,13,14)(H2,11,12,15);1H3/t6-,7-,9-;/m0./s1. The Morgan fingerprint density at radius 3 is 2.88 bits per heavy atom. The Kier molecular flexibility index (Phi) is 5.07. The van der Waals surface area contributed by atoms with Gasteiger partial charge in [0, 0.05) is 17.4 Å². The number of carboxylic acid groups (broad SMARTS) is 1. The smallest absolute Gasteiger partial charge is 0.315 e. The van der Waals surface area contributed by atoms with Crippen molar-refractivity contribution in [1.82, 2.24) is 16.8 Å². The van der Waals surface area contributed by atoms with E-state index in [-0.39, 0.29) is 30.7 Å². The van der Waals surface area contributed by atoms with E-state index >= 15 is 0 Å². The van der Waals surface area contributed by atoms with Crippen molar-refractivity contribution >= 4 is 23.8 Å². The molecule has 2 fully saturated rings. The number of aliphatic carboxylic acids is 1. The van der Waals surface area contributed by atoms with Gasteiger partial charge in [0.05, 0.1) is 12.1 Å². The summed E-state index contributed by atoms with van der Waals surface area (Å²) in [7, 11) is 0. The van der Waals surface area contributed by atoms with E-state index in [2.05, 4.69) is 10.6 Å². The first-order chi connectivity index (χ1) is 7.66. The van der Waals surface area contributed by atoms with Crippen LogP contribution in [0.4, 0.5) is 4.79 Å². The van der Waals surface area contributed by atoms with Gasteiger partial charge < -0.3 is 21.9 Å². The molecule has 2 aliphatic heterocycles. The van der Waals surface area contributed by atoms with Gasteiger partial charge in [-0.2, -0.15) is 11.8 Å². The van der Waals surface area contributed by atoms with Gasteiger partial charge in [0.25, 0.3) is 0 Å². The molecule has 0 aromatic heterocycles. The van der Waals surface area contributed by atoms with Crippen LogP contribution in [0.5, 0.6) is 0 Å². The summed E-state index contributed by atoms with van der Waals surface area (Å²) in [5.74, 6) is 0.236. The van der Waals surface area contributed by atoms with Crippen LogP contribution < -0.4 is 16.8 Å². The second kappa shape index (κ2) is 6.11. The van der Waals surface area contributed by atoms with Crippen LogP contribution in [0.1, 0.15) is 25.7 Å². The molecule has 0 saturated carbocycles. The summed E-state index contributed by atoms with van der Waals surface area (Å²) in [6, 6.07) is 0.440. The largest absolute Gasteiger partial charge is 0.481 e. The topological polar surface area (TPSA) is 113 Å². The van der Waals surface area contributed by atoms with E-state index in [0.717, 1.165) is 25.0 Å². The van der Waals surface area contributed by atoms with E-state index in [1.807, 2.05) is 11.8 Å². The van der Waals surface area contributed by atoms with Gasteiger partial charge in [-0.3, -0.25) is 4.79 Å². The highest BCUT2D eigenvalue weighted by Gasteiger charge is 2.42. The van der Waals surface area contributed by atoms with Crippen LogP contribution in [0.3, 0.4) is 0 Å². The molecule has 6 nitrogen and oxygen atoms in total. The lowest BCUT2D eigenvalue weighted by Crippen LogP contribution is -2.36. The van der Waals surface area contributed by atoms with Crippen LogP contribution in [0, 0.1) is 0 Å². The van der Waals surface area contributed by atoms with Gasteiger partial charge in [-0.1, -0.05) is 6.42 Å². The Bertz CT molecular complexity index is 301. The maximum absolute atomic E-state index is 11.1. The van der Waals surface area contributed by atoms with Crippen LogP contribution in [0.15, 0.2) is 0 Å². The minimum absolute atomic E-state index is 0. The van der Waals surface area contributed by atoms with Crippen LogP contribution in [0.2, 0.25) is 0 Å². The Morgan fingerprint density at radius 1 is 1.41 bits per heavy atom. The lowest BCUT2D eigenvalue weighted by Gasteiger charge is -2.16. The molecule has 2 amide bonds. The Hall–Kier alpha value is -0.950. The van der Waals surface area contributed by atoms with E-state index in [9.17, 15) is 9.59 Å². The molecule has 0 radical (unpaired) electrons. The quantitative estimate of drug-likeness (QED) is 0.435. The van der Waals surface area contributed by atoms with Crippen molar-refractivity contribution in [3.8, 4) is 0 Å². The van der Waals surface area contributed by atoms with Crippen molar-refractivity contribution in [2.24, 2.45) is 0 Å². The summed E-state index contributed by atoms with van der Waals surface area (Å²) in [4.78, 5) is 21.5. The normalized spacial score (nSPS) is 30.1. The number of amides is 2. The van der Waals surface area contributed by atoms with Gasteiger partial charge >= 0.3 is 12.0 Å². The van der Waals surface area contributed by atoms with Gasteiger partial charge in [0.15, 0.2) is 0 Å². The first-order valence-electron chi connectivity index (χ1n) is 5.57. The van der Waals surface area contributed by atoms with E-state index in [1.165, 1.54) is 0 Å². The molecular formula is C10H19N3O3S. The number of thioether (sulfide) groups is 1. The third kappa shape index (κ3) is 3.50. The summed E-state index contributed by atoms with van der Waals surface area (Å²) in [5.41, 5.74) is 0. The molecule has 6 N–H and O–H groups in total. The van der Waals surface area contributed by atoms with E-state index in [0.29, 0.717) is 5.25 Å². The summed E-state index contributed by atoms with van der Waals surface area (Å²) >= 11 is 1.87. The maximum atomic E-state index is 11.1. The fraction of sp³-hybridized carbons (Fsp3) is 0.800. The molecule has 0 bridgehead atoms. The van der Waals surface area contributed by atoms with Gasteiger partial charge in [0.2, 0.25) is 0 Å². The summed E-state index contributed by atoms with van der Waals surface area (Å²) in [6.07, 6.45) is 2.88. The monoisotopic (exact) mass is 261 g/mol. The second-order valence-electron chi connectivity index (χ2n) is 4.26. The maximum Gasteiger partial charge on any atom is 0.315 e. The number of urea groups is 1. The molecule has 7 heteroatoms. The van der Waals surface area contributed by atoms with Crippen LogP contribution >= 0.6 is 11.8 Å². The third-order valence-electron chi connectivity index (χ3n) is 3.07. The average molecular weight is 261 g/mol. The molecule has 0 aromatic carbocycles. The lowest BCUT2D eigenvalue weighted by molar-refractivity contribution is -0.137. The fourth-order valence-electron chi connectivity index (χ4n) is 2.26. The molecule has 3 atom stereocenters. The van der Waals surface area contributed by atoms with Crippen molar-refractivity contribution in [2.75, 3.05) is 5.75 Å². The zero-order valence-corrected chi connectivity index (χ0v) is 10.5. The predicted octanol–water partition coefficient (Wildman–Crippen LogP) is 0.959. The molecule has 0 unspecified atom stereocenters. The van der Waals surface area contributed by atoms with Crippen molar-refractivity contribution in [3.63, 3.8) is 0 Å². The molecule has 0 aromatic rings. The zero-order valence-electron chi connectivity index (χ0n) is 9.65. The minimum atomic E-state index is -0.729. The number of unbranched alkanes of at least 4 members (excludes halogenated alkanes) is 1. The van der Waals surface area contributed by atoms with Gasteiger partial charge in [-0.25, -0.2) is 4.79 Å². The molecule has 2 heterocycles. The van der Waals surface area contributed by atoms with E-state index < -0.39 is 5.97 Å². The molecule has 2 saturated heterocycles. The van der Waals surface area contributed by atoms with Crippen LogP contribution in [-0.2, 0) is 4.79 Å². The van der Waals surface area contributed by atoms with Gasteiger partial charge in [-0.05, 0) is 12.8 Å². The first kappa shape index (κ1) is 14.1. The number of carboxylic acids is 1. The number of fused-ring (bicyclic) bond motifs is 1. The van der Waals surface area contributed by atoms with Crippen molar-refractivity contribution < 1.29 is 14.7 Å². The zero-order chi connectivity index (χ0) is 11.5. The third-order valence-corrected chi connectivity index (χ3v) is 4.58. The van der Waals surface area contributed by atoms with Crippen molar-refractivity contribution in [1.29, 1.82) is 0 Å². The van der Waals surface area contributed by atoms with Crippen LogP contribution in [-0.4, -0.2) is 40.2 Å². The number of carbonyl (C=O) groups is 2. The predicted molar refractivity (Wildman–Crippen MR) is 66.6 cm³/mol. The lowest BCUT2D eigenvalue weighted by atomic mass is 10.0. The SMILES string of the molecule is N.O=C(O)CCCC[C@@H]1SC[C@@H]2NC(=O)N[C@@H]21. The van der Waals surface area contributed by atoms with Gasteiger partial charge in [-0.15, -0.1) is 0 Å². The second-order valence-corrected chi connectivity index (χ2v) is 5.53. The highest BCUT2D eigenvalue weighted by atomic mass is 32.2. The molecule has 2 aliphatic rings. The van der Waals surface area contributed by atoms with Crippen LogP contribution in [0.25, 0.3) is 0 Å². The van der Waals surface area contributed by atoms with Crippen molar-refractivity contribution in [2.45, 2.75) is 43.0 Å². The number of rotatable bonds is 5. The highest BCUT2D eigenvalue weighted by molar-refractivity contribution is 8.00. The van der Waals surface area contributed by atoms with E-state index in [1.54, 1.807) is 0 Å². The molecular weight excluding hydrogens is 242 g/mol. The highest BCUT2D eigenvalue weighted by Crippen LogP contribution is 2.33. The number of hydrogen-bond donors (Lipinski definition) is 4. The van der Waals surface area contributed by atoms with Gasteiger partial charge in [0.1, 0.15) is 0 Å². The molecule has 2 rings (SSSR count). The van der Waals surface area contributed by atoms with Crippen molar-refractivity contribution in [3.05, 3.63) is 0 Å². The Morgan fingerprint density at radius 2 is 2.18 bits per heavy atom. The molecule has 17 heavy (non-hydrogen) atoms. The number of carbonyl (C=O) groups excluding carboxylic acids is 1. The summed E-state index contributed by atoms with van der Waals surface area (Å²) in [5, 5.41) is 14.8.